The van der Waals surface area contributed by atoms with E-state index >= 15 is 0 Å². The summed E-state index contributed by atoms with van der Waals surface area (Å²) in [5.74, 6) is -0.0353. The molecule has 130 valence electrons. The fourth-order valence-electron chi connectivity index (χ4n) is 1.71. The summed E-state index contributed by atoms with van der Waals surface area (Å²) in [6.07, 6.45) is 2.04. The van der Waals surface area contributed by atoms with Gasteiger partial charge in [-0.3, -0.25) is 10.2 Å². The van der Waals surface area contributed by atoms with Gasteiger partial charge in [-0.1, -0.05) is 0 Å². The first-order valence-electron chi connectivity index (χ1n) is 7.73. The Morgan fingerprint density at radius 3 is 2.50 bits per heavy atom. The molecular formula is C14H31N5O3. The molecule has 0 radical (unpaired) electrons. The van der Waals surface area contributed by atoms with Crippen molar-refractivity contribution in [1.29, 1.82) is 5.41 Å². The SMILES string of the molecule is CNCCOCCOCCC(=O)NC(C)CCCNC(=N)N. The van der Waals surface area contributed by atoms with Gasteiger partial charge < -0.3 is 31.2 Å². The highest BCUT2D eigenvalue weighted by Gasteiger charge is 2.07. The predicted octanol–water partition coefficient (Wildman–Crippen LogP) is -0.603. The molecule has 0 fully saturated rings. The Morgan fingerprint density at radius 1 is 1.18 bits per heavy atom. The maximum Gasteiger partial charge on any atom is 0.222 e. The second-order valence-corrected chi connectivity index (χ2v) is 5.03. The molecule has 0 rings (SSSR count). The van der Waals surface area contributed by atoms with Gasteiger partial charge in [-0.15, -0.1) is 0 Å². The molecule has 1 atom stereocenters. The molecule has 0 aliphatic heterocycles. The molecule has 0 aliphatic carbocycles. The van der Waals surface area contributed by atoms with Crippen LogP contribution in [0.5, 0.6) is 0 Å². The molecule has 0 saturated heterocycles. The van der Waals surface area contributed by atoms with Gasteiger partial charge in [0.05, 0.1) is 26.4 Å². The van der Waals surface area contributed by atoms with E-state index in [1.54, 1.807) is 0 Å². The van der Waals surface area contributed by atoms with Gasteiger partial charge in [0.1, 0.15) is 0 Å². The van der Waals surface area contributed by atoms with E-state index in [9.17, 15) is 4.79 Å². The zero-order valence-corrected chi connectivity index (χ0v) is 13.7. The molecular weight excluding hydrogens is 286 g/mol. The van der Waals surface area contributed by atoms with E-state index in [1.807, 2.05) is 14.0 Å². The zero-order valence-electron chi connectivity index (χ0n) is 13.7. The van der Waals surface area contributed by atoms with Crippen molar-refractivity contribution in [2.24, 2.45) is 5.73 Å². The molecule has 0 aliphatic rings. The molecule has 6 N–H and O–H groups in total. The van der Waals surface area contributed by atoms with Crippen LogP contribution in [-0.2, 0) is 14.3 Å². The summed E-state index contributed by atoms with van der Waals surface area (Å²) >= 11 is 0. The Morgan fingerprint density at radius 2 is 1.86 bits per heavy atom. The average Bonchev–Trinajstić information content (AvgIpc) is 2.46. The molecule has 0 aromatic carbocycles. The summed E-state index contributed by atoms with van der Waals surface area (Å²) in [5.41, 5.74) is 5.18. The van der Waals surface area contributed by atoms with Gasteiger partial charge in [0.25, 0.3) is 0 Å². The standard InChI is InChI=1S/C14H31N5O3/c1-12(4-3-6-18-14(15)16)19-13(20)5-8-21-10-11-22-9-7-17-2/h12,17H,3-11H2,1-2H3,(H,19,20)(H4,15,16,18). The van der Waals surface area contributed by atoms with Gasteiger partial charge in [-0.05, 0) is 26.8 Å². The maximum atomic E-state index is 11.7. The van der Waals surface area contributed by atoms with Crippen molar-refractivity contribution >= 4 is 11.9 Å². The number of hydrogen-bond donors (Lipinski definition) is 5. The first-order chi connectivity index (χ1) is 10.6. The number of carbonyl (C=O) groups excluding carboxylic acids is 1. The number of ether oxygens (including phenoxy) is 2. The van der Waals surface area contributed by atoms with Crippen LogP contribution in [0.25, 0.3) is 0 Å². The molecule has 0 aromatic rings. The third kappa shape index (κ3) is 15.0. The summed E-state index contributed by atoms with van der Waals surface area (Å²) in [6.45, 7) is 5.54. The minimum Gasteiger partial charge on any atom is -0.379 e. The number of hydrogen-bond acceptors (Lipinski definition) is 5. The van der Waals surface area contributed by atoms with Crippen LogP contribution in [0.2, 0.25) is 0 Å². The van der Waals surface area contributed by atoms with Crippen molar-refractivity contribution in [3.63, 3.8) is 0 Å². The van der Waals surface area contributed by atoms with Gasteiger partial charge in [-0.25, -0.2) is 0 Å². The van der Waals surface area contributed by atoms with E-state index in [0.29, 0.717) is 39.4 Å². The minimum absolute atomic E-state index is 0.0110. The van der Waals surface area contributed by atoms with Crippen molar-refractivity contribution in [3.05, 3.63) is 0 Å². The quantitative estimate of drug-likeness (QED) is 0.166. The first kappa shape index (κ1) is 20.6. The lowest BCUT2D eigenvalue weighted by Crippen LogP contribution is -2.35. The van der Waals surface area contributed by atoms with Crippen molar-refractivity contribution in [1.82, 2.24) is 16.0 Å². The second-order valence-electron chi connectivity index (χ2n) is 5.03. The summed E-state index contributed by atoms with van der Waals surface area (Å²) in [4.78, 5) is 11.7. The highest BCUT2D eigenvalue weighted by Crippen LogP contribution is 1.96. The van der Waals surface area contributed by atoms with E-state index in [-0.39, 0.29) is 17.9 Å². The molecule has 1 unspecified atom stereocenters. The number of nitrogens with two attached hydrogens (primary N) is 1. The molecule has 8 heteroatoms. The molecule has 0 heterocycles. The van der Waals surface area contributed by atoms with E-state index in [4.69, 9.17) is 20.6 Å². The second kappa shape index (κ2) is 14.6. The molecule has 0 bridgehead atoms. The smallest absolute Gasteiger partial charge is 0.222 e. The zero-order chi connectivity index (χ0) is 16.6. The molecule has 1 amide bonds. The van der Waals surface area contributed by atoms with Gasteiger partial charge >= 0.3 is 0 Å². The topological polar surface area (TPSA) is 121 Å². The largest absolute Gasteiger partial charge is 0.379 e. The number of likely N-dealkylation sites (N-methyl/N-ethyl adjacent to an activating group) is 1. The number of amides is 1. The van der Waals surface area contributed by atoms with Gasteiger partial charge in [-0.2, -0.15) is 0 Å². The maximum absolute atomic E-state index is 11.7. The third-order valence-corrected chi connectivity index (χ3v) is 2.88. The van der Waals surface area contributed by atoms with Crippen molar-refractivity contribution in [3.8, 4) is 0 Å². The minimum atomic E-state index is -0.0243. The van der Waals surface area contributed by atoms with Crippen LogP contribution in [0, 0.1) is 5.41 Å². The summed E-state index contributed by atoms with van der Waals surface area (Å²) in [7, 11) is 1.87. The predicted molar refractivity (Wildman–Crippen MR) is 86.9 cm³/mol. The Bertz CT molecular complexity index is 302. The van der Waals surface area contributed by atoms with Crippen LogP contribution < -0.4 is 21.7 Å². The van der Waals surface area contributed by atoms with Crippen LogP contribution in [0.1, 0.15) is 26.2 Å². The Labute approximate surface area is 133 Å². The van der Waals surface area contributed by atoms with Crippen LogP contribution >= 0.6 is 0 Å². The fourth-order valence-corrected chi connectivity index (χ4v) is 1.71. The number of rotatable bonds is 14. The number of carbonyl (C=O) groups is 1. The monoisotopic (exact) mass is 317 g/mol. The van der Waals surface area contributed by atoms with Gasteiger partial charge in [0, 0.05) is 25.6 Å². The lowest BCUT2D eigenvalue weighted by molar-refractivity contribution is -0.122. The molecule has 0 spiro atoms. The van der Waals surface area contributed by atoms with E-state index in [2.05, 4.69) is 16.0 Å². The lowest BCUT2D eigenvalue weighted by atomic mass is 10.2. The van der Waals surface area contributed by atoms with Crippen molar-refractivity contribution in [2.75, 3.05) is 46.6 Å². The highest BCUT2D eigenvalue weighted by atomic mass is 16.5. The first-order valence-corrected chi connectivity index (χ1v) is 7.73. The fraction of sp³-hybridized carbons (Fsp3) is 0.857. The lowest BCUT2D eigenvalue weighted by Gasteiger charge is -2.14. The van der Waals surface area contributed by atoms with Crippen molar-refractivity contribution in [2.45, 2.75) is 32.2 Å². The Kier molecular flexibility index (Phi) is 13.6. The average molecular weight is 317 g/mol. The molecule has 0 saturated carbocycles. The third-order valence-electron chi connectivity index (χ3n) is 2.88. The van der Waals surface area contributed by atoms with Crippen LogP contribution in [0.3, 0.4) is 0 Å². The van der Waals surface area contributed by atoms with Crippen LogP contribution in [-0.4, -0.2) is 64.5 Å². The normalized spacial score (nSPS) is 11.9. The molecule has 22 heavy (non-hydrogen) atoms. The van der Waals surface area contributed by atoms with Gasteiger partial charge in [0.2, 0.25) is 5.91 Å². The summed E-state index contributed by atoms with van der Waals surface area (Å²) in [5, 5.41) is 15.7. The Balaban J connectivity index is 3.39. The Hall–Kier alpha value is -1.38. The summed E-state index contributed by atoms with van der Waals surface area (Å²) in [6, 6.07) is 0.103. The highest BCUT2D eigenvalue weighted by molar-refractivity contribution is 5.76. The van der Waals surface area contributed by atoms with E-state index < -0.39 is 0 Å². The van der Waals surface area contributed by atoms with Crippen molar-refractivity contribution < 1.29 is 14.3 Å². The summed E-state index contributed by atoms with van der Waals surface area (Å²) < 4.78 is 10.6. The number of nitrogens with one attached hydrogen (secondary N) is 4. The van der Waals surface area contributed by atoms with Crippen LogP contribution in [0.4, 0.5) is 0 Å². The van der Waals surface area contributed by atoms with Gasteiger partial charge in [0.15, 0.2) is 5.96 Å². The number of guanidine groups is 1. The van der Waals surface area contributed by atoms with Crippen LogP contribution in [0.15, 0.2) is 0 Å². The van der Waals surface area contributed by atoms with E-state index in [0.717, 1.165) is 19.4 Å². The molecule has 8 nitrogen and oxygen atoms in total. The van der Waals surface area contributed by atoms with E-state index in [1.165, 1.54) is 0 Å². The molecule has 0 aromatic heterocycles.